The van der Waals surface area contributed by atoms with E-state index in [2.05, 4.69) is 13.5 Å². The molecule has 3 aliphatic carbocycles. The monoisotopic (exact) mass is 360 g/mol. The van der Waals surface area contributed by atoms with Crippen LogP contribution in [0.2, 0.25) is 0 Å². The second-order valence-electron chi connectivity index (χ2n) is 9.67. The van der Waals surface area contributed by atoms with E-state index in [1.165, 1.54) is 0 Å². The number of esters is 1. The zero-order valence-corrected chi connectivity index (χ0v) is 14.9. The number of ketones is 1. The van der Waals surface area contributed by atoms with Crippen molar-refractivity contribution < 1.29 is 28.9 Å². The van der Waals surface area contributed by atoms with Crippen molar-refractivity contribution in [2.24, 2.45) is 34.0 Å². The predicted octanol–water partition coefficient (Wildman–Crippen LogP) is 1.21. The fraction of sp³-hybridized carbons (Fsp3) is 0.800. The van der Waals surface area contributed by atoms with E-state index in [9.17, 15) is 14.7 Å². The van der Waals surface area contributed by atoms with Gasteiger partial charge >= 0.3 is 5.97 Å². The molecular formula is C20H24O6. The van der Waals surface area contributed by atoms with Crippen molar-refractivity contribution in [1.82, 2.24) is 0 Å². The summed E-state index contributed by atoms with van der Waals surface area (Å²) in [6.07, 6.45) is 1.18. The molecule has 3 aliphatic heterocycles. The van der Waals surface area contributed by atoms with Crippen molar-refractivity contribution in [3.63, 3.8) is 0 Å². The lowest BCUT2D eigenvalue weighted by Gasteiger charge is -2.61. The first-order valence-electron chi connectivity index (χ1n) is 9.70. The fourth-order valence-corrected chi connectivity index (χ4v) is 7.73. The molecule has 6 nitrogen and oxygen atoms in total. The minimum Gasteiger partial charge on any atom is -0.461 e. The molecule has 9 atom stereocenters. The lowest BCUT2D eigenvalue weighted by molar-refractivity contribution is -0.246. The Bertz CT molecular complexity index is 761. The Morgan fingerprint density at radius 1 is 1.19 bits per heavy atom. The van der Waals surface area contributed by atoms with Crippen LogP contribution in [0.1, 0.15) is 32.6 Å². The Kier molecular flexibility index (Phi) is 2.68. The molecule has 0 aromatic rings. The average Bonchev–Trinajstić information content (AvgIpc) is 3.22. The Morgan fingerprint density at radius 3 is 2.77 bits per heavy atom. The van der Waals surface area contributed by atoms with Crippen LogP contribution in [0.5, 0.6) is 0 Å². The number of hydrogen-bond acceptors (Lipinski definition) is 6. The molecule has 26 heavy (non-hydrogen) atoms. The number of rotatable bonds is 0. The van der Waals surface area contributed by atoms with Gasteiger partial charge in [-0.3, -0.25) is 9.59 Å². The van der Waals surface area contributed by atoms with Gasteiger partial charge in [-0.15, -0.1) is 0 Å². The van der Waals surface area contributed by atoms with Crippen molar-refractivity contribution in [2.75, 3.05) is 13.2 Å². The van der Waals surface area contributed by atoms with Crippen molar-refractivity contribution in [3.8, 4) is 0 Å². The SMILES string of the molecule is C=C1C(=O)[C@@]23C[C@@H]1C[C@H](O)[C@@H]2[C@@]12CO[C@H]4OC[C@@](C)(CC[C@H]1OC3=O)[C@H]42. The zero-order valence-electron chi connectivity index (χ0n) is 14.9. The van der Waals surface area contributed by atoms with Crippen molar-refractivity contribution >= 4 is 11.8 Å². The van der Waals surface area contributed by atoms with Crippen molar-refractivity contribution in [1.29, 1.82) is 0 Å². The first-order chi connectivity index (χ1) is 12.3. The maximum absolute atomic E-state index is 13.2. The van der Waals surface area contributed by atoms with E-state index in [1.807, 2.05) is 0 Å². The van der Waals surface area contributed by atoms with Crippen LogP contribution in [0.4, 0.5) is 0 Å². The summed E-state index contributed by atoms with van der Waals surface area (Å²) in [4.78, 5) is 26.4. The van der Waals surface area contributed by atoms with Gasteiger partial charge in [0, 0.05) is 17.3 Å². The third kappa shape index (κ3) is 1.40. The predicted molar refractivity (Wildman–Crippen MR) is 87.6 cm³/mol. The summed E-state index contributed by atoms with van der Waals surface area (Å²) in [7, 11) is 0. The summed E-state index contributed by atoms with van der Waals surface area (Å²) in [5, 5.41) is 11.2. The largest absolute Gasteiger partial charge is 0.461 e. The summed E-state index contributed by atoms with van der Waals surface area (Å²) in [6, 6.07) is 0. The molecule has 3 saturated heterocycles. The molecule has 6 heteroatoms. The molecule has 3 heterocycles. The molecule has 0 aromatic heterocycles. The Hall–Kier alpha value is -1.24. The molecule has 1 N–H and O–H groups in total. The number of carbonyl (C=O) groups is 2. The standard InChI is InChI=1S/C20H24O6/c1-9-10-5-11(21)13-19(6-10,15(9)22)17(23)26-12-3-4-18(2)7-24-16-14(18)20(12,13)8-25-16/h10-14,16,21H,1,3-8H2,2H3/t10-,11-,12+,13-,14-,16+,18+,19+,20+/m0/s1. The Balaban J connectivity index is 1.59. The van der Waals surface area contributed by atoms with Gasteiger partial charge in [0.15, 0.2) is 12.1 Å². The van der Waals surface area contributed by atoms with E-state index in [0.717, 1.165) is 12.8 Å². The van der Waals surface area contributed by atoms with Crippen LogP contribution in [-0.4, -0.2) is 48.6 Å². The highest BCUT2D eigenvalue weighted by molar-refractivity contribution is 6.15. The molecule has 0 unspecified atom stereocenters. The number of Topliss-reactive ketones (excluding diaryl/α,β-unsaturated/α-hetero) is 1. The molecule has 2 bridgehead atoms. The molecule has 0 aromatic carbocycles. The van der Waals surface area contributed by atoms with E-state index >= 15 is 0 Å². The van der Waals surface area contributed by atoms with Gasteiger partial charge in [0.25, 0.3) is 0 Å². The quantitative estimate of drug-likeness (QED) is 0.397. The number of hydrogen-bond donors (Lipinski definition) is 1. The van der Waals surface area contributed by atoms with Crippen LogP contribution < -0.4 is 0 Å². The number of ether oxygens (including phenoxy) is 3. The highest BCUT2D eigenvalue weighted by atomic mass is 16.7. The van der Waals surface area contributed by atoms with E-state index in [0.29, 0.717) is 31.6 Å². The summed E-state index contributed by atoms with van der Waals surface area (Å²) in [5.41, 5.74) is -1.42. The van der Waals surface area contributed by atoms with E-state index < -0.39 is 28.8 Å². The summed E-state index contributed by atoms with van der Waals surface area (Å²) in [5.74, 6) is -1.22. The maximum Gasteiger partial charge on any atom is 0.320 e. The second-order valence-corrected chi connectivity index (χ2v) is 9.67. The van der Waals surface area contributed by atoms with Gasteiger partial charge in [-0.05, 0) is 42.6 Å². The molecular weight excluding hydrogens is 336 g/mol. The normalized spacial score (nSPS) is 59.7. The molecule has 140 valence electrons. The second kappa shape index (κ2) is 4.42. The molecule has 2 spiro atoms. The van der Waals surface area contributed by atoms with Crippen molar-refractivity contribution in [2.45, 2.75) is 51.1 Å². The first-order valence-corrected chi connectivity index (χ1v) is 9.70. The summed E-state index contributed by atoms with van der Waals surface area (Å²) >= 11 is 0. The number of fused-ring (bicyclic) bond motifs is 1. The van der Waals surface area contributed by atoms with Crippen molar-refractivity contribution in [3.05, 3.63) is 12.2 Å². The van der Waals surface area contributed by atoms with Crippen LogP contribution in [0.15, 0.2) is 12.2 Å². The first kappa shape index (κ1) is 15.8. The molecule has 6 fully saturated rings. The van der Waals surface area contributed by atoms with Gasteiger partial charge in [0.1, 0.15) is 11.5 Å². The van der Waals surface area contributed by atoms with E-state index in [-0.39, 0.29) is 35.4 Å². The average molecular weight is 360 g/mol. The van der Waals surface area contributed by atoms with Gasteiger partial charge in [-0.1, -0.05) is 13.5 Å². The van der Waals surface area contributed by atoms with E-state index in [1.54, 1.807) is 0 Å². The lowest BCUT2D eigenvalue weighted by Crippen LogP contribution is -2.70. The Morgan fingerprint density at radius 2 is 1.96 bits per heavy atom. The van der Waals surface area contributed by atoms with Gasteiger partial charge < -0.3 is 19.3 Å². The molecule has 6 aliphatic rings. The lowest BCUT2D eigenvalue weighted by atomic mass is 9.44. The molecule has 0 radical (unpaired) electrons. The zero-order chi connectivity index (χ0) is 18.1. The highest BCUT2D eigenvalue weighted by Crippen LogP contribution is 2.72. The number of allylic oxidation sites excluding steroid dienone is 1. The number of aliphatic hydroxyl groups excluding tert-OH is 1. The fourth-order valence-electron chi connectivity index (χ4n) is 7.73. The molecule has 0 amide bonds. The third-order valence-corrected chi connectivity index (χ3v) is 8.65. The molecule has 6 rings (SSSR count). The number of carbonyl (C=O) groups excluding carboxylic acids is 2. The number of aliphatic hydroxyl groups is 1. The minimum atomic E-state index is -1.28. The van der Waals surface area contributed by atoms with Crippen LogP contribution >= 0.6 is 0 Å². The smallest absolute Gasteiger partial charge is 0.320 e. The minimum absolute atomic E-state index is 0.0385. The van der Waals surface area contributed by atoms with Crippen LogP contribution in [0.25, 0.3) is 0 Å². The summed E-state index contributed by atoms with van der Waals surface area (Å²) < 4.78 is 18.0. The topological polar surface area (TPSA) is 82.1 Å². The maximum atomic E-state index is 13.2. The van der Waals surface area contributed by atoms with Gasteiger partial charge in [-0.25, -0.2) is 0 Å². The van der Waals surface area contributed by atoms with E-state index in [4.69, 9.17) is 14.2 Å². The Labute approximate surface area is 151 Å². The van der Waals surface area contributed by atoms with Crippen LogP contribution in [-0.2, 0) is 23.8 Å². The van der Waals surface area contributed by atoms with Crippen LogP contribution in [0, 0.1) is 34.0 Å². The highest BCUT2D eigenvalue weighted by Gasteiger charge is 2.80. The third-order valence-electron chi connectivity index (χ3n) is 8.65. The summed E-state index contributed by atoms with van der Waals surface area (Å²) in [6.45, 7) is 7.15. The molecule has 3 saturated carbocycles. The van der Waals surface area contributed by atoms with Gasteiger partial charge in [0.2, 0.25) is 0 Å². The van der Waals surface area contributed by atoms with Gasteiger partial charge in [0.05, 0.1) is 19.3 Å². The van der Waals surface area contributed by atoms with Crippen LogP contribution in [0.3, 0.4) is 0 Å². The van der Waals surface area contributed by atoms with Gasteiger partial charge in [-0.2, -0.15) is 0 Å².